The standard InChI is InChI=1S/C22H23ClN2O3/c1-4-11-28-22-19(23)12-18(13-20(22)27-3)9-10-21(26)25(2)15-17-7-5-16(14-24)6-8-17/h5-10,12-13H,4,11,15H2,1-3H3/b10-9+. The van der Waals surface area contributed by atoms with Crippen molar-refractivity contribution in [1.29, 1.82) is 5.26 Å². The molecule has 0 radical (unpaired) electrons. The molecule has 1 amide bonds. The van der Waals surface area contributed by atoms with Crippen LogP contribution < -0.4 is 9.47 Å². The Balaban J connectivity index is 2.07. The predicted molar refractivity (Wildman–Crippen MR) is 110 cm³/mol. The summed E-state index contributed by atoms with van der Waals surface area (Å²) < 4.78 is 11.0. The number of amides is 1. The number of hydrogen-bond donors (Lipinski definition) is 0. The van der Waals surface area contributed by atoms with E-state index in [1.807, 2.05) is 19.1 Å². The van der Waals surface area contributed by atoms with Gasteiger partial charge in [0.1, 0.15) is 0 Å². The predicted octanol–water partition coefficient (Wildman–Crippen LogP) is 4.68. The first kappa shape index (κ1) is 21.3. The third-order valence-corrected chi connectivity index (χ3v) is 4.28. The summed E-state index contributed by atoms with van der Waals surface area (Å²) in [5.74, 6) is 0.886. The van der Waals surface area contributed by atoms with Crippen molar-refractivity contribution in [2.45, 2.75) is 19.9 Å². The second-order valence-corrected chi connectivity index (χ2v) is 6.63. The van der Waals surface area contributed by atoms with Crippen LogP contribution in [0.25, 0.3) is 6.08 Å². The average molecular weight is 399 g/mol. The van der Waals surface area contributed by atoms with Crippen molar-refractivity contribution in [2.24, 2.45) is 0 Å². The first-order chi connectivity index (χ1) is 13.5. The molecule has 2 rings (SSSR count). The van der Waals surface area contributed by atoms with Gasteiger partial charge in [0.25, 0.3) is 0 Å². The van der Waals surface area contributed by atoms with Gasteiger partial charge in [0.05, 0.1) is 30.4 Å². The molecule has 0 aliphatic rings. The maximum atomic E-state index is 12.4. The molecular formula is C22H23ClN2O3. The van der Waals surface area contributed by atoms with Crippen LogP contribution in [0.5, 0.6) is 11.5 Å². The number of ether oxygens (including phenoxy) is 2. The van der Waals surface area contributed by atoms with Crippen LogP contribution in [-0.2, 0) is 11.3 Å². The first-order valence-electron chi connectivity index (χ1n) is 8.91. The first-order valence-corrected chi connectivity index (χ1v) is 9.28. The molecule has 0 fully saturated rings. The van der Waals surface area contributed by atoms with Crippen molar-refractivity contribution >= 4 is 23.6 Å². The number of likely N-dealkylation sites (N-methyl/N-ethyl adjacent to an activating group) is 1. The highest BCUT2D eigenvalue weighted by Gasteiger charge is 2.12. The van der Waals surface area contributed by atoms with E-state index in [2.05, 4.69) is 6.07 Å². The quantitative estimate of drug-likeness (QED) is 0.605. The highest BCUT2D eigenvalue weighted by atomic mass is 35.5. The number of benzene rings is 2. The van der Waals surface area contributed by atoms with Crippen molar-refractivity contribution in [2.75, 3.05) is 20.8 Å². The van der Waals surface area contributed by atoms with Gasteiger partial charge in [-0.05, 0) is 47.9 Å². The Morgan fingerprint density at radius 2 is 2.00 bits per heavy atom. The number of methoxy groups -OCH3 is 1. The molecule has 2 aromatic rings. The lowest BCUT2D eigenvalue weighted by Crippen LogP contribution is -2.24. The lowest BCUT2D eigenvalue weighted by atomic mass is 10.1. The maximum Gasteiger partial charge on any atom is 0.246 e. The monoisotopic (exact) mass is 398 g/mol. The Labute approximate surface area is 170 Å². The SMILES string of the molecule is CCCOc1c(Cl)cc(/C=C/C(=O)N(C)Cc2ccc(C#N)cc2)cc1OC. The van der Waals surface area contributed by atoms with Crippen LogP contribution >= 0.6 is 11.6 Å². The Kier molecular flexibility index (Phi) is 7.91. The van der Waals surface area contributed by atoms with E-state index in [4.69, 9.17) is 26.3 Å². The van der Waals surface area contributed by atoms with E-state index in [9.17, 15) is 4.79 Å². The van der Waals surface area contributed by atoms with Crippen LogP contribution in [0, 0.1) is 11.3 Å². The largest absolute Gasteiger partial charge is 0.493 e. The molecule has 0 aliphatic heterocycles. The summed E-state index contributed by atoms with van der Waals surface area (Å²) in [6.07, 6.45) is 4.04. The molecule has 0 spiro atoms. The molecule has 0 N–H and O–H groups in total. The van der Waals surface area contributed by atoms with Gasteiger partial charge in [-0.2, -0.15) is 5.26 Å². The van der Waals surface area contributed by atoms with E-state index >= 15 is 0 Å². The third kappa shape index (κ3) is 5.77. The molecule has 28 heavy (non-hydrogen) atoms. The zero-order valence-corrected chi connectivity index (χ0v) is 17.0. The smallest absolute Gasteiger partial charge is 0.246 e. The molecular weight excluding hydrogens is 376 g/mol. The van der Waals surface area contributed by atoms with E-state index in [1.54, 1.807) is 49.4 Å². The molecule has 2 aromatic carbocycles. The van der Waals surface area contributed by atoms with Gasteiger partial charge in [0.15, 0.2) is 11.5 Å². The van der Waals surface area contributed by atoms with Gasteiger partial charge < -0.3 is 14.4 Å². The van der Waals surface area contributed by atoms with Gasteiger partial charge >= 0.3 is 0 Å². The van der Waals surface area contributed by atoms with Crippen molar-refractivity contribution in [1.82, 2.24) is 4.90 Å². The van der Waals surface area contributed by atoms with E-state index in [0.717, 1.165) is 17.5 Å². The van der Waals surface area contributed by atoms with Gasteiger partial charge in [0, 0.05) is 19.7 Å². The number of nitrogens with zero attached hydrogens (tertiary/aromatic N) is 2. The van der Waals surface area contributed by atoms with Crippen LogP contribution in [-0.4, -0.2) is 31.6 Å². The Bertz CT molecular complexity index is 886. The summed E-state index contributed by atoms with van der Waals surface area (Å²) in [7, 11) is 3.27. The van der Waals surface area contributed by atoms with Crippen molar-refractivity contribution in [3.8, 4) is 17.6 Å². The number of nitriles is 1. The molecule has 0 saturated carbocycles. The summed E-state index contributed by atoms with van der Waals surface area (Å²) >= 11 is 6.30. The topological polar surface area (TPSA) is 62.6 Å². The molecule has 0 saturated heterocycles. The lowest BCUT2D eigenvalue weighted by Gasteiger charge is -2.15. The number of hydrogen-bond acceptors (Lipinski definition) is 4. The van der Waals surface area contributed by atoms with Crippen LogP contribution in [0.2, 0.25) is 5.02 Å². The zero-order chi connectivity index (χ0) is 20.5. The minimum absolute atomic E-state index is 0.147. The molecule has 0 heterocycles. The number of carbonyl (C=O) groups excluding carboxylic acids is 1. The van der Waals surface area contributed by atoms with Gasteiger partial charge in [-0.15, -0.1) is 0 Å². The fourth-order valence-corrected chi connectivity index (χ4v) is 2.79. The summed E-state index contributed by atoms with van der Waals surface area (Å²) in [6, 6.07) is 12.7. The molecule has 5 nitrogen and oxygen atoms in total. The van der Waals surface area contributed by atoms with Gasteiger partial charge in [-0.3, -0.25) is 4.79 Å². The molecule has 0 aromatic heterocycles. The van der Waals surface area contributed by atoms with Crippen molar-refractivity contribution < 1.29 is 14.3 Å². The molecule has 0 atom stereocenters. The second kappa shape index (κ2) is 10.4. The summed E-state index contributed by atoms with van der Waals surface area (Å²) in [5, 5.41) is 9.28. The van der Waals surface area contributed by atoms with Gasteiger partial charge in [-0.1, -0.05) is 30.7 Å². The maximum absolute atomic E-state index is 12.4. The Morgan fingerprint density at radius 1 is 1.29 bits per heavy atom. The van der Waals surface area contributed by atoms with Crippen LogP contribution in [0.3, 0.4) is 0 Å². The van der Waals surface area contributed by atoms with Crippen LogP contribution in [0.15, 0.2) is 42.5 Å². The average Bonchev–Trinajstić information content (AvgIpc) is 2.71. The minimum atomic E-state index is -0.147. The minimum Gasteiger partial charge on any atom is -0.493 e. The van der Waals surface area contributed by atoms with E-state index in [0.29, 0.717) is 35.2 Å². The Hall–Kier alpha value is -2.97. The van der Waals surface area contributed by atoms with Gasteiger partial charge in [-0.25, -0.2) is 0 Å². The number of halogens is 1. The molecule has 0 bridgehead atoms. The lowest BCUT2D eigenvalue weighted by molar-refractivity contribution is -0.125. The number of rotatable bonds is 8. The molecule has 0 aliphatic carbocycles. The van der Waals surface area contributed by atoms with E-state index < -0.39 is 0 Å². The molecule has 0 unspecified atom stereocenters. The second-order valence-electron chi connectivity index (χ2n) is 6.22. The molecule has 6 heteroatoms. The summed E-state index contributed by atoms with van der Waals surface area (Å²) in [4.78, 5) is 14.0. The highest BCUT2D eigenvalue weighted by Crippen LogP contribution is 2.36. The molecule has 146 valence electrons. The summed E-state index contributed by atoms with van der Waals surface area (Å²) in [5.41, 5.74) is 2.28. The van der Waals surface area contributed by atoms with E-state index in [-0.39, 0.29) is 5.91 Å². The highest BCUT2D eigenvalue weighted by molar-refractivity contribution is 6.32. The normalized spacial score (nSPS) is 10.5. The van der Waals surface area contributed by atoms with Gasteiger partial charge in [0.2, 0.25) is 5.91 Å². The fraction of sp³-hybridized carbons (Fsp3) is 0.273. The Morgan fingerprint density at radius 3 is 2.61 bits per heavy atom. The van der Waals surface area contributed by atoms with Crippen LogP contribution in [0.1, 0.15) is 30.0 Å². The third-order valence-electron chi connectivity index (χ3n) is 4.00. The fourth-order valence-electron chi connectivity index (χ4n) is 2.51. The number of carbonyl (C=O) groups is 1. The van der Waals surface area contributed by atoms with Crippen molar-refractivity contribution in [3.63, 3.8) is 0 Å². The van der Waals surface area contributed by atoms with Crippen LogP contribution in [0.4, 0.5) is 0 Å². The zero-order valence-electron chi connectivity index (χ0n) is 16.2. The summed E-state index contributed by atoms with van der Waals surface area (Å²) in [6.45, 7) is 3.00. The van der Waals surface area contributed by atoms with Crippen molar-refractivity contribution in [3.05, 3.63) is 64.2 Å². The van der Waals surface area contributed by atoms with E-state index in [1.165, 1.54) is 6.08 Å².